The number of carbonyl (C=O) groups is 2. The van der Waals surface area contributed by atoms with Crippen LogP contribution in [0.3, 0.4) is 0 Å². The van der Waals surface area contributed by atoms with Crippen LogP contribution in [0.25, 0.3) is 0 Å². The lowest BCUT2D eigenvalue weighted by molar-refractivity contribution is -0.127. The molecule has 0 radical (unpaired) electrons. The van der Waals surface area contributed by atoms with Gasteiger partial charge in [-0.25, -0.2) is 0 Å². The first kappa shape index (κ1) is 14.9. The molecule has 18 heavy (non-hydrogen) atoms. The highest BCUT2D eigenvalue weighted by molar-refractivity contribution is 5.85. The van der Waals surface area contributed by atoms with Crippen molar-refractivity contribution in [2.24, 2.45) is 11.7 Å². The number of aliphatic hydroxyl groups is 1. The quantitative estimate of drug-likeness (QED) is 0.513. The average Bonchev–Trinajstić information content (AvgIpc) is 2.36. The van der Waals surface area contributed by atoms with Crippen LogP contribution in [0.4, 0.5) is 0 Å². The molecule has 2 amide bonds. The second-order valence-corrected chi connectivity index (χ2v) is 5.17. The number of aliphatic hydroxyl groups excluding tert-OH is 1. The van der Waals surface area contributed by atoms with Crippen LogP contribution in [-0.2, 0) is 9.59 Å². The SMILES string of the molecule is CC1CCCC(CO)(NC(=O)CNC(=O)CN)C1. The summed E-state index contributed by atoms with van der Waals surface area (Å²) in [6.07, 6.45) is 3.68. The summed E-state index contributed by atoms with van der Waals surface area (Å²) in [5.74, 6) is -0.148. The van der Waals surface area contributed by atoms with Crippen molar-refractivity contribution in [1.29, 1.82) is 0 Å². The van der Waals surface area contributed by atoms with Gasteiger partial charge in [-0.2, -0.15) is 0 Å². The van der Waals surface area contributed by atoms with Crippen LogP contribution < -0.4 is 16.4 Å². The van der Waals surface area contributed by atoms with Crippen molar-refractivity contribution in [3.8, 4) is 0 Å². The van der Waals surface area contributed by atoms with E-state index in [1.807, 2.05) is 0 Å². The third-order valence-electron chi connectivity index (χ3n) is 3.43. The minimum atomic E-state index is -0.526. The molecule has 0 aromatic carbocycles. The molecule has 1 aliphatic carbocycles. The Bertz CT molecular complexity index is 309. The Kier molecular flexibility index (Phi) is 5.55. The lowest BCUT2D eigenvalue weighted by Gasteiger charge is -2.39. The van der Waals surface area contributed by atoms with Crippen molar-refractivity contribution >= 4 is 11.8 Å². The molecule has 5 N–H and O–H groups in total. The predicted octanol–water partition coefficient (Wildman–Crippen LogP) is -0.881. The van der Waals surface area contributed by atoms with E-state index in [0.29, 0.717) is 5.92 Å². The minimum Gasteiger partial charge on any atom is -0.394 e. The van der Waals surface area contributed by atoms with Gasteiger partial charge in [-0.3, -0.25) is 9.59 Å². The molecule has 2 unspecified atom stereocenters. The Balaban J connectivity index is 2.46. The van der Waals surface area contributed by atoms with E-state index in [0.717, 1.165) is 25.7 Å². The van der Waals surface area contributed by atoms with Gasteiger partial charge in [0.15, 0.2) is 0 Å². The lowest BCUT2D eigenvalue weighted by atomic mass is 9.77. The smallest absolute Gasteiger partial charge is 0.239 e. The second kappa shape index (κ2) is 6.70. The van der Waals surface area contributed by atoms with Gasteiger partial charge in [-0.1, -0.05) is 19.8 Å². The van der Waals surface area contributed by atoms with Gasteiger partial charge < -0.3 is 21.5 Å². The molecule has 6 heteroatoms. The topological polar surface area (TPSA) is 104 Å². The molecule has 0 saturated heterocycles. The number of nitrogens with one attached hydrogen (secondary N) is 2. The van der Waals surface area contributed by atoms with Gasteiger partial charge in [-0.15, -0.1) is 0 Å². The number of nitrogens with two attached hydrogens (primary N) is 1. The maximum Gasteiger partial charge on any atom is 0.239 e. The predicted molar refractivity (Wildman–Crippen MR) is 67.7 cm³/mol. The average molecular weight is 257 g/mol. The lowest BCUT2D eigenvalue weighted by Crippen LogP contribution is -2.56. The number of rotatable bonds is 5. The maximum absolute atomic E-state index is 11.7. The third kappa shape index (κ3) is 4.27. The summed E-state index contributed by atoms with van der Waals surface area (Å²) >= 11 is 0. The number of amides is 2. The van der Waals surface area contributed by atoms with E-state index in [-0.39, 0.29) is 31.5 Å². The summed E-state index contributed by atoms with van der Waals surface area (Å²) in [5.41, 5.74) is 4.60. The first-order valence-corrected chi connectivity index (χ1v) is 6.40. The van der Waals surface area contributed by atoms with Crippen molar-refractivity contribution in [1.82, 2.24) is 10.6 Å². The van der Waals surface area contributed by atoms with Crippen molar-refractivity contribution in [2.75, 3.05) is 19.7 Å². The standard InChI is InChI=1S/C12H23N3O3/c1-9-3-2-4-12(5-9,8-16)15-11(18)7-14-10(17)6-13/h9,16H,2-8,13H2,1H3,(H,14,17)(H,15,18). The Hall–Kier alpha value is -1.14. The van der Waals surface area contributed by atoms with E-state index < -0.39 is 5.54 Å². The Labute approximate surface area is 107 Å². The van der Waals surface area contributed by atoms with Gasteiger partial charge >= 0.3 is 0 Å². The van der Waals surface area contributed by atoms with Crippen molar-refractivity contribution in [2.45, 2.75) is 38.1 Å². The summed E-state index contributed by atoms with van der Waals surface area (Å²) in [7, 11) is 0. The van der Waals surface area contributed by atoms with Crippen molar-refractivity contribution < 1.29 is 14.7 Å². The summed E-state index contributed by atoms with van der Waals surface area (Å²) in [5, 5.41) is 14.8. The van der Waals surface area contributed by atoms with Gasteiger partial charge in [0.25, 0.3) is 0 Å². The van der Waals surface area contributed by atoms with E-state index in [1.165, 1.54) is 0 Å². The normalized spacial score (nSPS) is 27.6. The Morgan fingerprint density at radius 2 is 2.17 bits per heavy atom. The summed E-state index contributed by atoms with van der Waals surface area (Å²) in [4.78, 5) is 22.7. The number of carbonyl (C=O) groups excluding carboxylic acids is 2. The van der Waals surface area contributed by atoms with Crippen LogP contribution >= 0.6 is 0 Å². The molecular formula is C12H23N3O3. The largest absolute Gasteiger partial charge is 0.394 e. The molecule has 0 heterocycles. The van der Waals surface area contributed by atoms with Crippen LogP contribution in [0.2, 0.25) is 0 Å². The minimum absolute atomic E-state index is 0.0616. The third-order valence-corrected chi connectivity index (χ3v) is 3.43. The molecule has 0 aromatic heterocycles. The Morgan fingerprint density at radius 1 is 1.44 bits per heavy atom. The van der Waals surface area contributed by atoms with Crippen LogP contribution in [0.1, 0.15) is 32.6 Å². The zero-order valence-electron chi connectivity index (χ0n) is 10.9. The first-order valence-electron chi connectivity index (χ1n) is 6.40. The van der Waals surface area contributed by atoms with E-state index in [4.69, 9.17) is 5.73 Å². The molecule has 1 saturated carbocycles. The summed E-state index contributed by atoms with van der Waals surface area (Å²) < 4.78 is 0. The van der Waals surface area contributed by atoms with E-state index >= 15 is 0 Å². The zero-order valence-corrected chi connectivity index (χ0v) is 10.9. The molecule has 2 atom stereocenters. The second-order valence-electron chi connectivity index (χ2n) is 5.17. The van der Waals surface area contributed by atoms with Gasteiger partial charge in [-0.05, 0) is 18.8 Å². The van der Waals surface area contributed by atoms with Crippen molar-refractivity contribution in [3.63, 3.8) is 0 Å². The highest BCUT2D eigenvalue weighted by atomic mass is 16.3. The molecule has 1 fully saturated rings. The summed E-state index contributed by atoms with van der Waals surface area (Å²) in [6.45, 7) is 1.83. The van der Waals surface area contributed by atoms with Crippen molar-refractivity contribution in [3.05, 3.63) is 0 Å². The van der Waals surface area contributed by atoms with E-state index in [1.54, 1.807) is 0 Å². The molecule has 0 aromatic rings. The highest BCUT2D eigenvalue weighted by Gasteiger charge is 2.35. The van der Waals surface area contributed by atoms with E-state index in [9.17, 15) is 14.7 Å². The summed E-state index contributed by atoms with van der Waals surface area (Å²) in [6, 6.07) is 0. The monoisotopic (exact) mass is 257 g/mol. The van der Waals surface area contributed by atoms with Crippen LogP contribution in [-0.4, -0.2) is 42.2 Å². The molecule has 1 aliphatic rings. The molecule has 1 rings (SSSR count). The molecule has 104 valence electrons. The fourth-order valence-electron chi connectivity index (χ4n) is 2.55. The molecule has 0 aliphatic heterocycles. The van der Waals surface area contributed by atoms with Crippen LogP contribution in [0.15, 0.2) is 0 Å². The fourth-order valence-corrected chi connectivity index (χ4v) is 2.55. The van der Waals surface area contributed by atoms with Gasteiger partial charge in [0.2, 0.25) is 11.8 Å². The molecule has 0 spiro atoms. The number of hydrogen-bond donors (Lipinski definition) is 4. The van der Waals surface area contributed by atoms with Gasteiger partial charge in [0.05, 0.1) is 25.2 Å². The maximum atomic E-state index is 11.7. The highest BCUT2D eigenvalue weighted by Crippen LogP contribution is 2.31. The van der Waals surface area contributed by atoms with Crippen LogP contribution in [0, 0.1) is 5.92 Å². The molecule has 6 nitrogen and oxygen atoms in total. The van der Waals surface area contributed by atoms with Gasteiger partial charge in [0.1, 0.15) is 0 Å². The number of hydrogen-bond acceptors (Lipinski definition) is 4. The molecule has 0 bridgehead atoms. The fraction of sp³-hybridized carbons (Fsp3) is 0.833. The Morgan fingerprint density at radius 3 is 2.72 bits per heavy atom. The first-order chi connectivity index (χ1) is 8.51. The molecular weight excluding hydrogens is 234 g/mol. The zero-order chi connectivity index (χ0) is 13.6. The van der Waals surface area contributed by atoms with Gasteiger partial charge in [0, 0.05) is 0 Å². The van der Waals surface area contributed by atoms with E-state index in [2.05, 4.69) is 17.6 Å². The van der Waals surface area contributed by atoms with Crippen LogP contribution in [0.5, 0.6) is 0 Å².